The fraction of sp³-hybridized carbons (Fsp3) is 0.0545. The summed E-state index contributed by atoms with van der Waals surface area (Å²) in [5.74, 6) is 0. The van der Waals surface area contributed by atoms with Crippen LogP contribution in [0.25, 0.3) is 98.7 Å². The number of fused-ring (bicyclic) bond motifs is 7. The van der Waals surface area contributed by atoms with Crippen LogP contribution >= 0.6 is 0 Å². The predicted molar refractivity (Wildman–Crippen MR) is 236 cm³/mol. The van der Waals surface area contributed by atoms with Crippen LogP contribution in [0.1, 0.15) is 25.0 Å². The number of hydrogen-bond donors (Lipinski definition) is 0. The van der Waals surface area contributed by atoms with E-state index in [9.17, 15) is 0 Å². The fourth-order valence-electron chi connectivity index (χ4n) is 9.50. The summed E-state index contributed by atoms with van der Waals surface area (Å²) in [5, 5.41) is 10.1. The van der Waals surface area contributed by atoms with Gasteiger partial charge in [-0.3, -0.25) is 0 Å². The Labute approximate surface area is 322 Å². The van der Waals surface area contributed by atoms with Gasteiger partial charge in [0.05, 0.1) is 0 Å². The monoisotopic (exact) mass is 698 g/mol. The van der Waals surface area contributed by atoms with E-state index in [1.54, 1.807) is 0 Å². The van der Waals surface area contributed by atoms with Gasteiger partial charge in [-0.05, 0) is 134 Å². The van der Waals surface area contributed by atoms with Crippen molar-refractivity contribution in [3.8, 4) is 55.6 Å². The van der Waals surface area contributed by atoms with Crippen LogP contribution in [0.2, 0.25) is 0 Å². The Morgan fingerprint density at radius 3 is 1.56 bits per heavy atom. The number of rotatable bonds is 4. The minimum atomic E-state index is -0.0814. The van der Waals surface area contributed by atoms with Crippen LogP contribution in [-0.2, 0) is 5.41 Å². The molecule has 0 aliphatic heterocycles. The van der Waals surface area contributed by atoms with Crippen LogP contribution in [-0.4, -0.2) is 0 Å². The second-order valence-corrected chi connectivity index (χ2v) is 15.7. The zero-order chi connectivity index (χ0) is 36.7. The van der Waals surface area contributed by atoms with Gasteiger partial charge in [-0.2, -0.15) is 0 Å². The van der Waals surface area contributed by atoms with Crippen molar-refractivity contribution >= 4 is 43.1 Å². The topological polar surface area (TPSA) is 0 Å². The van der Waals surface area contributed by atoms with Crippen molar-refractivity contribution in [3.63, 3.8) is 0 Å². The molecule has 0 nitrogen and oxygen atoms in total. The summed E-state index contributed by atoms with van der Waals surface area (Å²) >= 11 is 0. The van der Waals surface area contributed by atoms with Gasteiger partial charge in [0.2, 0.25) is 0 Å². The van der Waals surface area contributed by atoms with Gasteiger partial charge < -0.3 is 0 Å². The van der Waals surface area contributed by atoms with Crippen molar-refractivity contribution < 1.29 is 0 Å². The molecular formula is C55H38. The van der Waals surface area contributed by atoms with Gasteiger partial charge in [-0.15, -0.1) is 0 Å². The maximum absolute atomic E-state index is 2.44. The summed E-state index contributed by atoms with van der Waals surface area (Å²) < 4.78 is 0. The Balaban J connectivity index is 1.16. The summed E-state index contributed by atoms with van der Waals surface area (Å²) in [6.45, 7) is 4.75. The second kappa shape index (κ2) is 12.1. The summed E-state index contributed by atoms with van der Waals surface area (Å²) in [7, 11) is 0. The minimum absolute atomic E-state index is 0.0814. The van der Waals surface area contributed by atoms with Crippen LogP contribution in [0.3, 0.4) is 0 Å². The molecule has 11 rings (SSSR count). The molecule has 0 saturated carbocycles. The smallest absolute Gasteiger partial charge is 0.0159 e. The van der Waals surface area contributed by atoms with E-state index in [0.29, 0.717) is 0 Å². The van der Waals surface area contributed by atoms with E-state index >= 15 is 0 Å². The lowest BCUT2D eigenvalue weighted by Crippen LogP contribution is -2.14. The van der Waals surface area contributed by atoms with Crippen LogP contribution < -0.4 is 0 Å². The van der Waals surface area contributed by atoms with Crippen molar-refractivity contribution in [3.05, 3.63) is 205 Å². The summed E-state index contributed by atoms with van der Waals surface area (Å²) in [6.07, 6.45) is 0. The molecular weight excluding hydrogens is 661 g/mol. The normalized spacial score (nSPS) is 13.1. The van der Waals surface area contributed by atoms with Crippen molar-refractivity contribution in [2.24, 2.45) is 0 Å². The molecule has 258 valence electrons. The van der Waals surface area contributed by atoms with Gasteiger partial charge in [0.15, 0.2) is 0 Å². The standard InChI is InChI=1S/C55H38/c1-55(2)50-21-11-10-19-47(50)54-48(20-12-22-51(54)55)53-45-18-9-8-17-44(45)52(46-30-29-42(34-49(46)53)35-13-4-3-5-14-35)43-28-27-40-32-39(25-26-41(40)33-43)38-24-23-36-15-6-7-16-37(36)31-38/h3-34H,1-2H3. The second-order valence-electron chi connectivity index (χ2n) is 15.7. The molecule has 0 amide bonds. The van der Waals surface area contributed by atoms with E-state index < -0.39 is 0 Å². The molecule has 0 radical (unpaired) electrons. The molecule has 1 aliphatic carbocycles. The Kier molecular flexibility index (Phi) is 7.00. The number of hydrogen-bond acceptors (Lipinski definition) is 0. The van der Waals surface area contributed by atoms with Crippen LogP contribution in [0, 0.1) is 0 Å². The van der Waals surface area contributed by atoms with Gasteiger partial charge in [-0.25, -0.2) is 0 Å². The lowest BCUT2D eigenvalue weighted by molar-refractivity contribution is 0.660. The highest BCUT2D eigenvalue weighted by molar-refractivity contribution is 6.23. The zero-order valence-electron chi connectivity index (χ0n) is 31.0. The third-order valence-corrected chi connectivity index (χ3v) is 12.2. The molecule has 0 bridgehead atoms. The quantitative estimate of drug-likeness (QED) is 0.161. The molecule has 10 aromatic rings. The van der Waals surface area contributed by atoms with Crippen LogP contribution in [0.5, 0.6) is 0 Å². The van der Waals surface area contributed by atoms with Crippen molar-refractivity contribution in [1.29, 1.82) is 0 Å². The molecule has 0 N–H and O–H groups in total. The lowest BCUT2D eigenvalue weighted by atomic mass is 9.80. The first kappa shape index (κ1) is 31.7. The number of benzene rings is 10. The van der Waals surface area contributed by atoms with Crippen LogP contribution in [0.4, 0.5) is 0 Å². The first-order valence-corrected chi connectivity index (χ1v) is 19.3. The van der Waals surface area contributed by atoms with Crippen molar-refractivity contribution in [1.82, 2.24) is 0 Å². The third-order valence-electron chi connectivity index (χ3n) is 12.2. The maximum Gasteiger partial charge on any atom is 0.0159 e. The lowest BCUT2D eigenvalue weighted by Gasteiger charge is -2.23. The first-order valence-electron chi connectivity index (χ1n) is 19.3. The van der Waals surface area contributed by atoms with E-state index in [1.807, 2.05) is 0 Å². The Bertz CT molecular complexity index is 3160. The average Bonchev–Trinajstić information content (AvgIpc) is 3.48. The summed E-state index contributed by atoms with van der Waals surface area (Å²) in [5.41, 5.74) is 15.5. The van der Waals surface area contributed by atoms with E-state index in [2.05, 4.69) is 208 Å². The van der Waals surface area contributed by atoms with Gasteiger partial charge >= 0.3 is 0 Å². The fourth-order valence-corrected chi connectivity index (χ4v) is 9.50. The molecule has 0 aromatic heterocycles. The largest absolute Gasteiger partial charge is 0.0622 e. The summed E-state index contributed by atoms with van der Waals surface area (Å²) in [6, 6.07) is 72.3. The van der Waals surface area contributed by atoms with Gasteiger partial charge in [0.25, 0.3) is 0 Å². The van der Waals surface area contributed by atoms with Crippen molar-refractivity contribution in [2.45, 2.75) is 19.3 Å². The van der Waals surface area contributed by atoms with E-state index in [0.717, 1.165) is 0 Å². The van der Waals surface area contributed by atoms with Gasteiger partial charge in [0.1, 0.15) is 0 Å². The highest BCUT2D eigenvalue weighted by Crippen LogP contribution is 2.54. The molecule has 0 heterocycles. The van der Waals surface area contributed by atoms with Crippen molar-refractivity contribution in [2.75, 3.05) is 0 Å². The average molecular weight is 699 g/mol. The summed E-state index contributed by atoms with van der Waals surface area (Å²) in [4.78, 5) is 0. The molecule has 1 aliphatic rings. The predicted octanol–water partition coefficient (Wildman–Crippen LogP) is 15.3. The SMILES string of the molecule is CC1(C)c2ccccc2-c2c(-c3c4ccccc4c(-c4ccc5cc(-c6ccc7ccccc7c6)ccc5c4)c4ccc(-c5ccccc5)cc34)cccc21. The van der Waals surface area contributed by atoms with E-state index in [-0.39, 0.29) is 5.41 Å². The molecule has 0 fully saturated rings. The van der Waals surface area contributed by atoms with E-state index in [1.165, 1.54) is 110 Å². The molecule has 0 saturated heterocycles. The zero-order valence-corrected chi connectivity index (χ0v) is 31.0. The highest BCUT2D eigenvalue weighted by Gasteiger charge is 2.37. The minimum Gasteiger partial charge on any atom is -0.0622 e. The maximum atomic E-state index is 2.44. The molecule has 55 heavy (non-hydrogen) atoms. The Hall–Kier alpha value is -6.76. The molecule has 0 heteroatoms. The molecule has 0 atom stereocenters. The molecule has 0 unspecified atom stereocenters. The molecule has 0 spiro atoms. The van der Waals surface area contributed by atoms with Gasteiger partial charge in [-0.1, -0.05) is 184 Å². The Morgan fingerprint density at radius 2 is 0.782 bits per heavy atom. The Morgan fingerprint density at radius 1 is 0.273 bits per heavy atom. The third kappa shape index (κ3) is 4.92. The highest BCUT2D eigenvalue weighted by atomic mass is 14.4. The van der Waals surface area contributed by atoms with E-state index in [4.69, 9.17) is 0 Å². The van der Waals surface area contributed by atoms with Crippen LogP contribution in [0.15, 0.2) is 194 Å². The van der Waals surface area contributed by atoms with Gasteiger partial charge in [0, 0.05) is 5.41 Å². The molecule has 10 aromatic carbocycles. The first-order chi connectivity index (χ1) is 27.0.